The number of halogens is 3. The molecule has 0 N–H and O–H groups in total. The van der Waals surface area contributed by atoms with Crippen LogP contribution in [0.15, 0.2) is 17.1 Å². The minimum absolute atomic E-state index is 0.00722. The maximum atomic E-state index is 12.4. The van der Waals surface area contributed by atoms with Gasteiger partial charge in [-0.15, -0.1) is 15.3 Å². The van der Waals surface area contributed by atoms with E-state index in [0.717, 1.165) is 0 Å². The fraction of sp³-hybridized carbons (Fsp3) is 0.143. The van der Waals surface area contributed by atoms with Crippen molar-refractivity contribution < 1.29 is 13.2 Å². The Morgan fingerprint density at radius 1 is 1.31 bits per heavy atom. The van der Waals surface area contributed by atoms with Crippen molar-refractivity contribution in [3.63, 3.8) is 0 Å². The average molecular weight is 245 g/mol. The molecule has 2 aromatic rings. The lowest BCUT2D eigenvalue weighted by atomic mass is 10.5. The molecule has 2 aromatic heterocycles. The van der Waals surface area contributed by atoms with Crippen molar-refractivity contribution in [1.82, 2.24) is 19.8 Å². The summed E-state index contributed by atoms with van der Waals surface area (Å²) < 4.78 is 37.9. The minimum atomic E-state index is -4.62. The molecule has 0 saturated carbocycles. The van der Waals surface area contributed by atoms with Gasteiger partial charge in [0.2, 0.25) is 0 Å². The molecule has 0 atom stereocenters. The molecule has 0 saturated heterocycles. The number of fused-ring (bicyclic) bond motifs is 1. The Bertz CT molecular complexity index is 583. The van der Waals surface area contributed by atoms with Crippen molar-refractivity contribution in [3.05, 3.63) is 18.0 Å². The van der Waals surface area contributed by atoms with Gasteiger partial charge in [-0.25, -0.2) is 0 Å². The van der Waals surface area contributed by atoms with Crippen LogP contribution in [0, 0.1) is 0 Å². The van der Waals surface area contributed by atoms with E-state index in [-0.39, 0.29) is 11.5 Å². The second kappa shape index (κ2) is 3.62. The maximum absolute atomic E-state index is 12.4. The molecular formula is C7H2F3N5S. The van der Waals surface area contributed by atoms with Gasteiger partial charge in [0.1, 0.15) is 0 Å². The van der Waals surface area contributed by atoms with E-state index in [9.17, 15) is 13.2 Å². The molecule has 0 aliphatic rings. The predicted octanol–water partition coefficient (Wildman–Crippen LogP) is 1.88. The zero-order valence-electron chi connectivity index (χ0n) is 7.43. The van der Waals surface area contributed by atoms with Gasteiger partial charge in [0.25, 0.3) is 5.82 Å². The van der Waals surface area contributed by atoms with Crippen LogP contribution in [-0.2, 0) is 6.18 Å². The van der Waals surface area contributed by atoms with E-state index in [2.05, 4.69) is 32.5 Å². The summed E-state index contributed by atoms with van der Waals surface area (Å²) >= 11 is 4.32. The Labute approximate surface area is 91.6 Å². The number of nitrogens with zero attached hydrogens (tertiary/aromatic N) is 5. The van der Waals surface area contributed by atoms with Gasteiger partial charge >= 0.3 is 6.18 Å². The fourth-order valence-corrected chi connectivity index (χ4v) is 1.16. The molecule has 16 heavy (non-hydrogen) atoms. The van der Waals surface area contributed by atoms with E-state index in [1.165, 1.54) is 12.1 Å². The lowest BCUT2D eigenvalue weighted by Crippen LogP contribution is -2.12. The fourth-order valence-electron chi connectivity index (χ4n) is 1.06. The molecule has 2 heterocycles. The smallest absolute Gasteiger partial charge is 0.187 e. The van der Waals surface area contributed by atoms with Gasteiger partial charge in [-0.05, 0) is 24.4 Å². The van der Waals surface area contributed by atoms with Crippen LogP contribution in [0.4, 0.5) is 19.0 Å². The molecule has 0 radical (unpaired) electrons. The van der Waals surface area contributed by atoms with Crippen LogP contribution in [-0.4, -0.2) is 25.0 Å². The first kappa shape index (κ1) is 10.7. The Hall–Kier alpha value is -1.86. The normalized spacial score (nSPS) is 11.4. The van der Waals surface area contributed by atoms with Crippen LogP contribution in [0.5, 0.6) is 0 Å². The molecule has 0 aliphatic carbocycles. The van der Waals surface area contributed by atoms with Crippen LogP contribution in [0.2, 0.25) is 0 Å². The van der Waals surface area contributed by atoms with E-state index in [1.807, 2.05) is 5.16 Å². The van der Waals surface area contributed by atoms with Gasteiger partial charge in [0.15, 0.2) is 11.5 Å². The summed E-state index contributed by atoms with van der Waals surface area (Å²) in [4.78, 5) is 3.47. The topological polar surface area (TPSA) is 55.4 Å². The highest BCUT2D eigenvalue weighted by atomic mass is 32.1. The number of thiocarbonyl (C=S) groups is 1. The molecule has 0 amide bonds. The molecule has 0 spiro atoms. The van der Waals surface area contributed by atoms with Crippen molar-refractivity contribution in [2.75, 3.05) is 0 Å². The quantitative estimate of drug-likeness (QED) is 0.568. The summed E-state index contributed by atoms with van der Waals surface area (Å²) in [5.74, 6) is -1.20. The zero-order chi connectivity index (χ0) is 11.8. The molecule has 0 unspecified atom stereocenters. The molecule has 5 nitrogen and oxygen atoms in total. The number of isothiocyanates is 1. The summed E-state index contributed by atoms with van der Waals surface area (Å²) in [6.07, 6.45) is -4.62. The highest BCUT2D eigenvalue weighted by molar-refractivity contribution is 7.78. The zero-order valence-corrected chi connectivity index (χ0v) is 8.25. The third-order valence-electron chi connectivity index (χ3n) is 1.66. The third kappa shape index (κ3) is 1.77. The Balaban J connectivity index is 2.69. The second-order valence-corrected chi connectivity index (χ2v) is 2.87. The highest BCUT2D eigenvalue weighted by Gasteiger charge is 2.37. The van der Waals surface area contributed by atoms with Crippen molar-refractivity contribution in [2.24, 2.45) is 4.99 Å². The lowest BCUT2D eigenvalue weighted by molar-refractivity contribution is -0.146. The number of aliphatic imine (C=N–C) groups is 1. The molecule has 82 valence electrons. The van der Waals surface area contributed by atoms with Crippen molar-refractivity contribution in [2.45, 2.75) is 6.18 Å². The van der Waals surface area contributed by atoms with Gasteiger partial charge in [-0.1, -0.05) is 0 Å². The van der Waals surface area contributed by atoms with Gasteiger partial charge < -0.3 is 0 Å². The van der Waals surface area contributed by atoms with E-state index in [0.29, 0.717) is 4.52 Å². The Kier molecular flexibility index (Phi) is 2.41. The molecular weight excluding hydrogens is 243 g/mol. The monoisotopic (exact) mass is 245 g/mol. The predicted molar refractivity (Wildman–Crippen MR) is 50.5 cm³/mol. The summed E-state index contributed by atoms with van der Waals surface area (Å²) in [5, 5.41) is 11.9. The van der Waals surface area contributed by atoms with Crippen LogP contribution in [0.25, 0.3) is 5.65 Å². The largest absolute Gasteiger partial charge is 0.453 e. The SMILES string of the molecule is FC(F)(F)c1nnc2ccc(N=C=S)nn12. The van der Waals surface area contributed by atoms with E-state index >= 15 is 0 Å². The van der Waals surface area contributed by atoms with Crippen molar-refractivity contribution in [3.8, 4) is 0 Å². The minimum Gasteiger partial charge on any atom is -0.187 e. The van der Waals surface area contributed by atoms with Crippen LogP contribution in [0.3, 0.4) is 0 Å². The molecule has 0 aliphatic heterocycles. The van der Waals surface area contributed by atoms with Gasteiger partial charge in [-0.3, -0.25) is 0 Å². The van der Waals surface area contributed by atoms with Gasteiger partial charge in [0.05, 0.1) is 5.16 Å². The number of alkyl halides is 3. The van der Waals surface area contributed by atoms with Gasteiger partial charge in [0, 0.05) is 0 Å². The van der Waals surface area contributed by atoms with E-state index in [1.54, 1.807) is 0 Å². The molecule has 0 aromatic carbocycles. The Morgan fingerprint density at radius 3 is 2.69 bits per heavy atom. The molecule has 2 rings (SSSR count). The second-order valence-electron chi connectivity index (χ2n) is 2.69. The van der Waals surface area contributed by atoms with Crippen molar-refractivity contribution >= 4 is 28.8 Å². The average Bonchev–Trinajstić information content (AvgIpc) is 2.60. The summed E-state index contributed by atoms with van der Waals surface area (Å²) in [7, 11) is 0. The number of aromatic nitrogens is 4. The number of hydrogen-bond donors (Lipinski definition) is 0. The Morgan fingerprint density at radius 2 is 2.06 bits per heavy atom. The summed E-state index contributed by atoms with van der Waals surface area (Å²) in [6, 6.07) is 2.67. The molecule has 0 fully saturated rings. The van der Waals surface area contributed by atoms with Gasteiger partial charge in [-0.2, -0.15) is 22.7 Å². The number of hydrogen-bond acceptors (Lipinski definition) is 5. The first-order valence-corrected chi connectivity index (χ1v) is 4.31. The number of rotatable bonds is 1. The molecule has 0 bridgehead atoms. The maximum Gasteiger partial charge on any atom is 0.453 e. The van der Waals surface area contributed by atoms with E-state index < -0.39 is 12.0 Å². The standard InChI is InChI=1S/C7H2F3N5S/c8-7(9,10)6-13-12-5-2-1-4(11-3-16)14-15(5)6/h1-2H. The van der Waals surface area contributed by atoms with Crippen LogP contribution < -0.4 is 0 Å². The first-order chi connectivity index (χ1) is 7.52. The first-order valence-electron chi connectivity index (χ1n) is 3.90. The van der Waals surface area contributed by atoms with Crippen LogP contribution in [0.1, 0.15) is 5.82 Å². The van der Waals surface area contributed by atoms with Crippen LogP contribution >= 0.6 is 12.2 Å². The molecule has 9 heteroatoms. The van der Waals surface area contributed by atoms with Crippen molar-refractivity contribution in [1.29, 1.82) is 0 Å². The highest BCUT2D eigenvalue weighted by Crippen LogP contribution is 2.27. The summed E-state index contributed by atoms with van der Waals surface area (Å²) in [6.45, 7) is 0. The van der Waals surface area contributed by atoms with E-state index in [4.69, 9.17) is 0 Å². The summed E-state index contributed by atoms with van der Waals surface area (Å²) in [5.41, 5.74) is -0.0179. The lowest BCUT2D eigenvalue weighted by Gasteiger charge is -2.02. The third-order valence-corrected chi connectivity index (χ3v) is 1.75.